The summed E-state index contributed by atoms with van der Waals surface area (Å²) in [5.41, 5.74) is 2.05. The van der Waals surface area contributed by atoms with Crippen molar-refractivity contribution in [3.8, 4) is 23.1 Å². The monoisotopic (exact) mass is 469 g/mol. The Morgan fingerprint density at radius 2 is 1.89 bits per heavy atom. The lowest BCUT2D eigenvalue weighted by Crippen LogP contribution is -2.49. The maximum Gasteiger partial charge on any atom is 0.354 e. The molecule has 2 heterocycles. The molecule has 0 spiro atoms. The summed E-state index contributed by atoms with van der Waals surface area (Å²) in [6.07, 6.45) is 1.33. The molecule has 180 valence electrons. The van der Waals surface area contributed by atoms with E-state index in [1.165, 1.54) is 5.56 Å². The number of carboxylic acids is 1. The van der Waals surface area contributed by atoms with Crippen molar-refractivity contribution in [2.24, 2.45) is 5.92 Å². The first-order valence-corrected chi connectivity index (χ1v) is 12.2. The van der Waals surface area contributed by atoms with E-state index in [9.17, 15) is 15.2 Å². The second-order valence-electron chi connectivity index (χ2n) is 8.99. The summed E-state index contributed by atoms with van der Waals surface area (Å²) in [5, 5.41) is 20.6. The van der Waals surface area contributed by atoms with Crippen molar-refractivity contribution < 1.29 is 14.6 Å². The summed E-state index contributed by atoms with van der Waals surface area (Å²) in [6, 6.07) is 23.9. The Balaban J connectivity index is 1.70. The van der Waals surface area contributed by atoms with Crippen LogP contribution in [0.5, 0.6) is 5.75 Å². The molecule has 6 nitrogen and oxygen atoms in total. The van der Waals surface area contributed by atoms with Crippen LogP contribution in [-0.2, 0) is 12.0 Å². The lowest BCUT2D eigenvalue weighted by Gasteiger charge is -2.44. The third kappa shape index (κ3) is 4.91. The average molecular weight is 470 g/mol. The summed E-state index contributed by atoms with van der Waals surface area (Å²) < 4.78 is 5.73. The van der Waals surface area contributed by atoms with E-state index in [-0.39, 0.29) is 11.6 Å². The Labute approximate surface area is 206 Å². The van der Waals surface area contributed by atoms with Gasteiger partial charge in [0.2, 0.25) is 0 Å². The third-order valence-corrected chi connectivity index (χ3v) is 6.98. The first kappa shape index (κ1) is 24.4. The minimum atomic E-state index is -1.12. The largest absolute Gasteiger partial charge is 0.493 e. The van der Waals surface area contributed by atoms with Gasteiger partial charge in [-0.1, -0.05) is 61.9 Å². The Bertz CT molecular complexity index is 1220. The summed E-state index contributed by atoms with van der Waals surface area (Å²) in [4.78, 5) is 19.3. The molecule has 0 radical (unpaired) electrons. The molecule has 1 fully saturated rings. The van der Waals surface area contributed by atoms with Crippen molar-refractivity contribution in [2.75, 3.05) is 19.7 Å². The molecule has 0 bridgehead atoms. The molecule has 0 unspecified atom stereocenters. The highest BCUT2D eigenvalue weighted by molar-refractivity contribution is 5.89. The number of rotatable bonds is 8. The van der Waals surface area contributed by atoms with Gasteiger partial charge in [-0.25, -0.2) is 9.78 Å². The van der Waals surface area contributed by atoms with Gasteiger partial charge in [0, 0.05) is 30.8 Å². The number of nitriles is 1. The lowest BCUT2D eigenvalue weighted by molar-refractivity contribution is 0.0679. The number of benzene rings is 2. The summed E-state index contributed by atoms with van der Waals surface area (Å²) >= 11 is 0. The number of likely N-dealkylation sites (tertiary alicyclic amines) is 1. The van der Waals surface area contributed by atoms with Crippen LogP contribution in [0.3, 0.4) is 0 Å². The van der Waals surface area contributed by atoms with E-state index in [2.05, 4.69) is 35.0 Å². The predicted octanol–water partition coefficient (Wildman–Crippen LogP) is 5.54. The standard InChI is InChI=1S/C29H31N3O3/c1-3-22-19-32(18-21-10-6-5-7-11-21)17-16-29(22,20-30)24-14-15-25(31-27(24)28(33)34)23-12-8-9-13-26(23)35-4-2/h5-15,22H,3-4,16-19H2,1-2H3,(H,33,34)/t22-,29+/m0/s1. The molecule has 1 aromatic heterocycles. The molecule has 4 rings (SSSR count). The summed E-state index contributed by atoms with van der Waals surface area (Å²) in [7, 11) is 0. The van der Waals surface area contributed by atoms with Crippen LogP contribution >= 0.6 is 0 Å². The van der Waals surface area contributed by atoms with E-state index in [1.807, 2.05) is 55.5 Å². The predicted molar refractivity (Wildman–Crippen MR) is 135 cm³/mol. The molecule has 2 atom stereocenters. The van der Waals surface area contributed by atoms with E-state index in [0.29, 0.717) is 36.6 Å². The van der Waals surface area contributed by atoms with Gasteiger partial charge < -0.3 is 9.84 Å². The van der Waals surface area contributed by atoms with Crippen molar-refractivity contribution >= 4 is 5.97 Å². The molecular formula is C29H31N3O3. The van der Waals surface area contributed by atoms with Gasteiger partial charge in [-0.3, -0.25) is 4.90 Å². The maximum absolute atomic E-state index is 12.4. The number of carboxylic acid groups (broad SMARTS) is 1. The smallest absolute Gasteiger partial charge is 0.354 e. The second kappa shape index (κ2) is 10.7. The first-order valence-electron chi connectivity index (χ1n) is 12.2. The van der Waals surface area contributed by atoms with E-state index < -0.39 is 11.4 Å². The number of nitrogens with zero attached hydrogens (tertiary/aromatic N) is 3. The number of piperidine rings is 1. The van der Waals surface area contributed by atoms with Gasteiger partial charge in [0.05, 0.1) is 23.8 Å². The summed E-state index contributed by atoms with van der Waals surface area (Å²) in [5.74, 6) is -0.472. The number of aromatic nitrogens is 1. The van der Waals surface area contributed by atoms with Crippen molar-refractivity contribution in [2.45, 2.75) is 38.6 Å². The lowest BCUT2D eigenvalue weighted by atomic mass is 9.65. The molecule has 0 aliphatic carbocycles. The second-order valence-corrected chi connectivity index (χ2v) is 8.99. The SMILES string of the molecule is CCOc1ccccc1-c1ccc([C@@]2(C#N)CCN(Cc3ccccc3)C[C@@H]2CC)c(C(=O)O)n1. The molecule has 0 saturated carbocycles. The van der Waals surface area contributed by atoms with E-state index in [1.54, 1.807) is 6.07 Å². The number of carbonyl (C=O) groups is 1. The topological polar surface area (TPSA) is 86.5 Å². The van der Waals surface area contributed by atoms with Crippen molar-refractivity contribution in [1.29, 1.82) is 5.26 Å². The molecule has 35 heavy (non-hydrogen) atoms. The van der Waals surface area contributed by atoms with Crippen LogP contribution < -0.4 is 4.74 Å². The van der Waals surface area contributed by atoms with Crippen LogP contribution in [0.4, 0.5) is 0 Å². The molecule has 2 aromatic carbocycles. The molecule has 1 aliphatic rings. The molecular weight excluding hydrogens is 438 g/mol. The minimum Gasteiger partial charge on any atom is -0.493 e. The molecule has 0 amide bonds. The molecule has 1 N–H and O–H groups in total. The van der Waals surface area contributed by atoms with Crippen LogP contribution in [0.2, 0.25) is 0 Å². The molecule has 1 aliphatic heterocycles. The van der Waals surface area contributed by atoms with Crippen LogP contribution in [-0.4, -0.2) is 40.7 Å². The molecule has 1 saturated heterocycles. The minimum absolute atomic E-state index is 0.00794. The van der Waals surface area contributed by atoms with Gasteiger partial charge >= 0.3 is 5.97 Å². The Kier molecular flexibility index (Phi) is 7.48. The van der Waals surface area contributed by atoms with Crippen LogP contribution in [0.15, 0.2) is 66.7 Å². The van der Waals surface area contributed by atoms with Gasteiger partial charge in [0.25, 0.3) is 0 Å². The van der Waals surface area contributed by atoms with Crippen molar-refractivity contribution in [3.63, 3.8) is 0 Å². The summed E-state index contributed by atoms with van der Waals surface area (Å²) in [6.45, 7) is 6.73. The van der Waals surface area contributed by atoms with Gasteiger partial charge in [-0.2, -0.15) is 5.26 Å². The fourth-order valence-corrected chi connectivity index (χ4v) is 5.21. The van der Waals surface area contributed by atoms with Gasteiger partial charge in [0.15, 0.2) is 5.69 Å². The Morgan fingerprint density at radius 3 is 2.57 bits per heavy atom. The number of hydrogen-bond acceptors (Lipinski definition) is 5. The van der Waals surface area contributed by atoms with E-state index in [0.717, 1.165) is 25.1 Å². The van der Waals surface area contributed by atoms with Gasteiger partial charge in [0.1, 0.15) is 5.75 Å². The highest BCUT2D eigenvalue weighted by atomic mass is 16.5. The van der Waals surface area contributed by atoms with Crippen LogP contribution in [0, 0.1) is 17.2 Å². The molecule has 3 aromatic rings. The number of para-hydroxylation sites is 1. The van der Waals surface area contributed by atoms with Crippen LogP contribution in [0.1, 0.15) is 48.3 Å². The first-order chi connectivity index (χ1) is 17.0. The van der Waals surface area contributed by atoms with E-state index in [4.69, 9.17) is 4.74 Å². The van der Waals surface area contributed by atoms with Gasteiger partial charge in [-0.15, -0.1) is 0 Å². The Hall–Kier alpha value is -3.69. The fraction of sp³-hybridized carbons (Fsp3) is 0.345. The third-order valence-electron chi connectivity index (χ3n) is 6.98. The van der Waals surface area contributed by atoms with Crippen LogP contribution in [0.25, 0.3) is 11.3 Å². The number of hydrogen-bond donors (Lipinski definition) is 1. The highest BCUT2D eigenvalue weighted by Crippen LogP contribution is 2.43. The van der Waals surface area contributed by atoms with E-state index >= 15 is 0 Å². The fourth-order valence-electron chi connectivity index (χ4n) is 5.21. The number of aromatic carboxylic acids is 1. The van der Waals surface area contributed by atoms with Crippen molar-refractivity contribution in [3.05, 3.63) is 83.6 Å². The van der Waals surface area contributed by atoms with Crippen molar-refractivity contribution in [1.82, 2.24) is 9.88 Å². The normalized spacial score (nSPS) is 20.2. The zero-order valence-corrected chi connectivity index (χ0v) is 20.3. The zero-order chi connectivity index (χ0) is 24.8. The number of pyridine rings is 1. The Morgan fingerprint density at radius 1 is 1.14 bits per heavy atom. The zero-order valence-electron chi connectivity index (χ0n) is 20.3. The highest BCUT2D eigenvalue weighted by Gasteiger charge is 2.46. The molecule has 6 heteroatoms. The van der Waals surface area contributed by atoms with Gasteiger partial charge in [-0.05, 0) is 43.0 Å². The average Bonchev–Trinajstić information content (AvgIpc) is 2.89. The number of ether oxygens (including phenoxy) is 1. The maximum atomic E-state index is 12.4. The quantitative estimate of drug-likeness (QED) is 0.466.